The van der Waals surface area contributed by atoms with E-state index in [0.717, 1.165) is 11.4 Å². The maximum atomic E-state index is 11.8. The number of anilines is 1. The number of carbonyl (C=O) groups excluding carboxylic acids is 1. The van der Waals surface area contributed by atoms with Crippen LogP contribution in [0.25, 0.3) is 0 Å². The highest BCUT2D eigenvalue weighted by molar-refractivity contribution is 5.95. The number of nitrogens with zero attached hydrogens (tertiary/aromatic N) is 1. The van der Waals surface area contributed by atoms with Gasteiger partial charge in [0.05, 0.1) is 0 Å². The molecule has 1 fully saturated rings. The van der Waals surface area contributed by atoms with E-state index in [-0.39, 0.29) is 18.4 Å². The second kappa shape index (κ2) is 5.69. The molecular formula is C14H17NO3. The Balaban J connectivity index is 2.05. The lowest BCUT2D eigenvalue weighted by atomic mass is 10.1. The number of hydrogen-bond acceptors (Lipinski definition) is 3. The molecule has 0 radical (unpaired) electrons. The van der Waals surface area contributed by atoms with Crippen LogP contribution in [0.15, 0.2) is 36.9 Å². The van der Waals surface area contributed by atoms with Gasteiger partial charge in [-0.3, -0.25) is 4.79 Å². The maximum Gasteiger partial charge on any atom is 0.227 e. The fraction of sp³-hybridized carbons (Fsp3) is 0.357. The molecule has 4 nitrogen and oxygen atoms in total. The average molecular weight is 247 g/mol. The highest BCUT2D eigenvalue weighted by Crippen LogP contribution is 2.26. The van der Waals surface area contributed by atoms with Crippen LogP contribution in [0.2, 0.25) is 0 Å². The third-order valence-electron chi connectivity index (χ3n) is 2.98. The van der Waals surface area contributed by atoms with Crippen molar-refractivity contribution in [1.82, 2.24) is 0 Å². The van der Waals surface area contributed by atoms with Gasteiger partial charge < -0.3 is 14.7 Å². The Morgan fingerprint density at radius 1 is 1.44 bits per heavy atom. The predicted molar refractivity (Wildman–Crippen MR) is 69.7 cm³/mol. The lowest BCUT2D eigenvalue weighted by Crippen LogP contribution is -2.24. The van der Waals surface area contributed by atoms with Crippen molar-refractivity contribution in [2.45, 2.75) is 6.42 Å². The summed E-state index contributed by atoms with van der Waals surface area (Å²) in [6, 6.07) is 7.38. The van der Waals surface area contributed by atoms with E-state index in [0.29, 0.717) is 19.6 Å². The Morgan fingerprint density at radius 3 is 2.72 bits per heavy atom. The molecule has 4 heteroatoms. The summed E-state index contributed by atoms with van der Waals surface area (Å²) < 4.78 is 5.38. The van der Waals surface area contributed by atoms with Crippen LogP contribution in [0.1, 0.15) is 6.42 Å². The van der Waals surface area contributed by atoms with E-state index < -0.39 is 0 Å². The fourth-order valence-electron chi connectivity index (χ4n) is 2.03. The summed E-state index contributed by atoms with van der Waals surface area (Å²) in [4.78, 5) is 13.5. The number of hydrogen-bond donors (Lipinski definition) is 1. The summed E-state index contributed by atoms with van der Waals surface area (Å²) >= 11 is 0. The van der Waals surface area contributed by atoms with Crippen LogP contribution in [-0.2, 0) is 4.79 Å². The molecule has 1 aromatic carbocycles. The molecule has 2 rings (SSSR count). The third kappa shape index (κ3) is 2.71. The van der Waals surface area contributed by atoms with E-state index in [2.05, 4.69) is 6.58 Å². The quantitative estimate of drug-likeness (QED) is 0.804. The SMILES string of the molecule is C=CCOc1ccc(N2CC(CO)CC2=O)cc1. The Morgan fingerprint density at radius 2 is 2.17 bits per heavy atom. The number of benzene rings is 1. The van der Waals surface area contributed by atoms with Gasteiger partial charge >= 0.3 is 0 Å². The Labute approximate surface area is 106 Å². The Kier molecular flexibility index (Phi) is 3.99. The molecule has 1 unspecified atom stereocenters. The lowest BCUT2D eigenvalue weighted by Gasteiger charge is -2.16. The minimum Gasteiger partial charge on any atom is -0.490 e. The van der Waals surface area contributed by atoms with Gasteiger partial charge in [-0.15, -0.1) is 0 Å². The van der Waals surface area contributed by atoms with Crippen LogP contribution in [0.3, 0.4) is 0 Å². The summed E-state index contributed by atoms with van der Waals surface area (Å²) in [5.41, 5.74) is 0.849. The molecule has 1 amide bonds. The number of aliphatic hydroxyl groups is 1. The topological polar surface area (TPSA) is 49.8 Å². The molecule has 1 aromatic rings. The number of amides is 1. The molecule has 0 aliphatic carbocycles. The van der Waals surface area contributed by atoms with Crippen LogP contribution < -0.4 is 9.64 Å². The van der Waals surface area contributed by atoms with Crippen molar-refractivity contribution in [3.8, 4) is 5.75 Å². The Hall–Kier alpha value is -1.81. The second-order valence-electron chi connectivity index (χ2n) is 4.35. The van der Waals surface area contributed by atoms with Crippen molar-refractivity contribution < 1.29 is 14.6 Å². The van der Waals surface area contributed by atoms with Crippen LogP contribution in [0.4, 0.5) is 5.69 Å². The molecule has 0 aromatic heterocycles. The molecule has 1 N–H and O–H groups in total. The van der Waals surface area contributed by atoms with Gasteiger partial charge in [0.25, 0.3) is 0 Å². The van der Waals surface area contributed by atoms with E-state index in [4.69, 9.17) is 9.84 Å². The average Bonchev–Trinajstić information content (AvgIpc) is 2.78. The summed E-state index contributed by atoms with van der Waals surface area (Å²) in [5.74, 6) is 0.868. The minimum atomic E-state index is 0.0502. The van der Waals surface area contributed by atoms with Gasteiger partial charge in [-0.05, 0) is 24.3 Å². The standard InChI is InChI=1S/C14H17NO3/c1-2-7-18-13-5-3-12(4-6-13)15-9-11(10-16)8-14(15)17/h2-6,11,16H,1,7-10H2. The van der Waals surface area contributed by atoms with E-state index in [1.165, 1.54) is 0 Å². The monoisotopic (exact) mass is 247 g/mol. The third-order valence-corrected chi connectivity index (χ3v) is 2.98. The summed E-state index contributed by atoms with van der Waals surface area (Å²) in [6.07, 6.45) is 2.11. The van der Waals surface area contributed by atoms with Gasteiger partial charge in [0.2, 0.25) is 5.91 Å². The molecule has 18 heavy (non-hydrogen) atoms. The molecule has 0 spiro atoms. The maximum absolute atomic E-state index is 11.8. The molecular weight excluding hydrogens is 230 g/mol. The van der Waals surface area contributed by atoms with Gasteiger partial charge in [0, 0.05) is 31.2 Å². The van der Waals surface area contributed by atoms with Gasteiger partial charge in [-0.2, -0.15) is 0 Å². The summed E-state index contributed by atoms with van der Waals surface area (Å²) in [5, 5.41) is 9.08. The van der Waals surface area contributed by atoms with E-state index >= 15 is 0 Å². The molecule has 0 bridgehead atoms. The number of ether oxygens (including phenoxy) is 1. The molecule has 1 saturated heterocycles. The van der Waals surface area contributed by atoms with Crippen molar-refractivity contribution in [2.75, 3.05) is 24.7 Å². The highest BCUT2D eigenvalue weighted by atomic mass is 16.5. The van der Waals surface area contributed by atoms with E-state index in [9.17, 15) is 4.79 Å². The van der Waals surface area contributed by atoms with E-state index in [1.807, 2.05) is 24.3 Å². The zero-order valence-corrected chi connectivity index (χ0v) is 10.2. The van der Waals surface area contributed by atoms with Gasteiger partial charge in [-0.1, -0.05) is 12.7 Å². The predicted octanol–water partition coefficient (Wildman–Crippen LogP) is 1.60. The normalized spacial score (nSPS) is 19.1. The molecule has 1 heterocycles. The van der Waals surface area contributed by atoms with Gasteiger partial charge in [-0.25, -0.2) is 0 Å². The smallest absolute Gasteiger partial charge is 0.227 e. The number of carbonyl (C=O) groups is 1. The van der Waals surface area contributed by atoms with Gasteiger partial charge in [0.1, 0.15) is 12.4 Å². The second-order valence-corrected chi connectivity index (χ2v) is 4.35. The molecule has 96 valence electrons. The van der Waals surface area contributed by atoms with Crippen LogP contribution >= 0.6 is 0 Å². The zero-order valence-electron chi connectivity index (χ0n) is 10.2. The van der Waals surface area contributed by atoms with Crippen LogP contribution in [0.5, 0.6) is 5.75 Å². The first-order chi connectivity index (χ1) is 8.74. The number of aliphatic hydroxyl groups excluding tert-OH is 1. The van der Waals surface area contributed by atoms with Gasteiger partial charge in [0.15, 0.2) is 0 Å². The summed E-state index contributed by atoms with van der Waals surface area (Å²) in [7, 11) is 0. The lowest BCUT2D eigenvalue weighted by molar-refractivity contribution is -0.117. The van der Waals surface area contributed by atoms with Crippen LogP contribution in [-0.4, -0.2) is 30.8 Å². The first kappa shape index (κ1) is 12.6. The minimum absolute atomic E-state index is 0.0502. The summed E-state index contributed by atoms with van der Waals surface area (Å²) in [6.45, 7) is 4.69. The van der Waals surface area contributed by atoms with Crippen molar-refractivity contribution in [3.63, 3.8) is 0 Å². The first-order valence-corrected chi connectivity index (χ1v) is 5.99. The zero-order chi connectivity index (χ0) is 13.0. The van der Waals surface area contributed by atoms with Crippen molar-refractivity contribution in [2.24, 2.45) is 5.92 Å². The highest BCUT2D eigenvalue weighted by Gasteiger charge is 2.29. The van der Waals surface area contributed by atoms with E-state index in [1.54, 1.807) is 11.0 Å². The largest absolute Gasteiger partial charge is 0.490 e. The molecule has 1 aliphatic heterocycles. The fourth-order valence-corrected chi connectivity index (χ4v) is 2.03. The van der Waals surface area contributed by atoms with Crippen molar-refractivity contribution >= 4 is 11.6 Å². The Bertz CT molecular complexity index is 427. The molecule has 1 atom stereocenters. The molecule has 1 aliphatic rings. The molecule has 0 saturated carbocycles. The van der Waals surface area contributed by atoms with Crippen molar-refractivity contribution in [3.05, 3.63) is 36.9 Å². The number of rotatable bonds is 5. The van der Waals surface area contributed by atoms with Crippen molar-refractivity contribution in [1.29, 1.82) is 0 Å². The van der Waals surface area contributed by atoms with Crippen LogP contribution in [0, 0.1) is 5.92 Å². The first-order valence-electron chi connectivity index (χ1n) is 5.99.